The third-order valence-corrected chi connectivity index (χ3v) is 6.58. The highest BCUT2D eigenvalue weighted by Gasteiger charge is 2.73. The molecule has 2 saturated carbocycles. The molecule has 2 nitrogen and oxygen atoms in total. The van der Waals surface area contributed by atoms with Crippen LogP contribution in [0.15, 0.2) is 0 Å². The second kappa shape index (κ2) is 5.54. The van der Waals surface area contributed by atoms with Crippen molar-refractivity contribution < 1.29 is 9.53 Å². The Kier molecular flexibility index (Phi) is 4.55. The molecule has 110 valence electrons. The van der Waals surface area contributed by atoms with Gasteiger partial charge in [-0.15, -0.1) is 0 Å². The molecule has 4 unspecified atom stereocenters. The lowest BCUT2D eigenvalue weighted by Gasteiger charge is -2.57. The summed E-state index contributed by atoms with van der Waals surface area (Å²) in [5.41, 5.74) is -0.181. The van der Waals surface area contributed by atoms with Gasteiger partial charge in [0.15, 0.2) is 10.1 Å². The summed E-state index contributed by atoms with van der Waals surface area (Å²) in [5, 5.41) is 0. The van der Waals surface area contributed by atoms with Crippen LogP contribution < -0.4 is 0 Å². The molecule has 0 saturated heterocycles. The Morgan fingerprint density at radius 2 is 2.11 bits per heavy atom. The third-order valence-electron chi connectivity index (χ3n) is 5.51. The Hall–Kier alpha value is 0.210. The van der Waals surface area contributed by atoms with Gasteiger partial charge in [-0.2, -0.15) is 0 Å². The number of ketones is 1. The molecule has 0 spiro atoms. The molecule has 4 atom stereocenters. The Bertz CT molecular complexity index is 352. The predicted molar refractivity (Wildman–Crippen MR) is 78.7 cm³/mol. The van der Waals surface area contributed by atoms with Gasteiger partial charge in [-0.25, -0.2) is 0 Å². The molecule has 2 fully saturated rings. The zero-order valence-electron chi connectivity index (χ0n) is 12.0. The van der Waals surface area contributed by atoms with Crippen LogP contribution in [0.25, 0.3) is 0 Å². The van der Waals surface area contributed by atoms with E-state index in [0.29, 0.717) is 12.0 Å². The van der Waals surface area contributed by atoms with Crippen LogP contribution in [0, 0.1) is 17.3 Å². The van der Waals surface area contributed by atoms with Gasteiger partial charge in [0.2, 0.25) is 0 Å². The quantitative estimate of drug-likeness (QED) is 0.681. The molecule has 2 rings (SSSR count). The van der Waals surface area contributed by atoms with Crippen LogP contribution in [0.2, 0.25) is 0 Å². The van der Waals surface area contributed by atoms with Gasteiger partial charge in [0.25, 0.3) is 0 Å². The number of hydrogen-bond acceptors (Lipinski definition) is 2. The highest BCUT2D eigenvalue weighted by molar-refractivity contribution is 6.61. The van der Waals surface area contributed by atoms with Crippen LogP contribution in [-0.4, -0.2) is 23.3 Å². The average molecular weight is 307 g/mol. The lowest BCUT2D eigenvalue weighted by molar-refractivity contribution is -0.147. The number of methoxy groups -OCH3 is 1. The summed E-state index contributed by atoms with van der Waals surface area (Å²) in [7, 11) is 1.76. The van der Waals surface area contributed by atoms with Gasteiger partial charge in [0, 0.05) is 18.4 Å². The molecule has 0 aromatic rings. The number of alkyl halides is 2. The fourth-order valence-electron chi connectivity index (χ4n) is 4.22. The van der Waals surface area contributed by atoms with Crippen molar-refractivity contribution in [1.82, 2.24) is 0 Å². The van der Waals surface area contributed by atoms with E-state index in [1.165, 1.54) is 0 Å². The highest BCUT2D eigenvalue weighted by Crippen LogP contribution is 2.69. The number of carbonyl (C=O) groups is 1. The van der Waals surface area contributed by atoms with Gasteiger partial charge < -0.3 is 4.74 Å². The number of carbonyl (C=O) groups excluding carboxylic acids is 1. The van der Waals surface area contributed by atoms with Crippen LogP contribution in [0.5, 0.6) is 0 Å². The van der Waals surface area contributed by atoms with Crippen molar-refractivity contribution in [3.8, 4) is 0 Å². The molecule has 0 N–H and O–H groups in total. The molecule has 2 aliphatic carbocycles. The maximum atomic E-state index is 12.0. The van der Waals surface area contributed by atoms with E-state index in [4.69, 9.17) is 27.9 Å². The van der Waals surface area contributed by atoms with Gasteiger partial charge in [0.1, 0.15) is 0 Å². The van der Waals surface area contributed by atoms with Gasteiger partial charge in [-0.1, -0.05) is 43.5 Å². The smallest absolute Gasteiger partial charge is 0.182 e. The van der Waals surface area contributed by atoms with Crippen LogP contribution in [-0.2, 0) is 9.53 Å². The molecule has 0 aromatic heterocycles. The first kappa shape index (κ1) is 15.6. The molecule has 4 heteroatoms. The van der Waals surface area contributed by atoms with Crippen LogP contribution in [0.1, 0.15) is 52.4 Å². The van der Waals surface area contributed by atoms with E-state index < -0.39 is 4.33 Å². The summed E-state index contributed by atoms with van der Waals surface area (Å²) in [6.45, 7) is 4.34. The lowest BCUT2D eigenvalue weighted by atomic mass is 9.53. The molecular weight excluding hydrogens is 283 g/mol. The van der Waals surface area contributed by atoms with E-state index >= 15 is 0 Å². The summed E-state index contributed by atoms with van der Waals surface area (Å²) in [5.74, 6) is 0.524. The van der Waals surface area contributed by atoms with Crippen molar-refractivity contribution in [1.29, 1.82) is 0 Å². The first-order valence-electron chi connectivity index (χ1n) is 7.36. The van der Waals surface area contributed by atoms with Crippen molar-refractivity contribution in [3.63, 3.8) is 0 Å². The van der Waals surface area contributed by atoms with E-state index in [0.717, 1.165) is 38.5 Å². The molecule has 0 amide bonds. The fraction of sp³-hybridized carbons (Fsp3) is 0.933. The second-order valence-corrected chi connectivity index (χ2v) is 7.50. The molecule has 19 heavy (non-hydrogen) atoms. The Morgan fingerprint density at radius 3 is 2.68 bits per heavy atom. The Morgan fingerprint density at radius 1 is 1.42 bits per heavy atom. The predicted octanol–water partition coefficient (Wildman–Crippen LogP) is 4.37. The maximum Gasteiger partial charge on any atom is 0.182 e. The van der Waals surface area contributed by atoms with Crippen LogP contribution in [0.3, 0.4) is 0 Å². The first-order chi connectivity index (χ1) is 8.91. The normalized spacial score (nSPS) is 35.6. The van der Waals surface area contributed by atoms with Gasteiger partial charge >= 0.3 is 0 Å². The number of ether oxygens (including phenoxy) is 1. The van der Waals surface area contributed by atoms with Gasteiger partial charge in [-0.05, 0) is 38.0 Å². The molecule has 0 radical (unpaired) electrons. The molecule has 0 aromatic carbocycles. The van der Waals surface area contributed by atoms with Crippen LogP contribution in [0.4, 0.5) is 0 Å². The summed E-state index contributed by atoms with van der Waals surface area (Å²) < 4.78 is 4.28. The lowest BCUT2D eigenvalue weighted by Crippen LogP contribution is -2.65. The third kappa shape index (κ3) is 2.15. The van der Waals surface area contributed by atoms with Crippen molar-refractivity contribution >= 4 is 29.0 Å². The minimum absolute atomic E-state index is 0.0546. The van der Waals surface area contributed by atoms with E-state index in [2.05, 4.69) is 13.8 Å². The first-order valence-corrected chi connectivity index (χ1v) is 8.12. The standard InChI is InChI=1S/C15H24Cl2O2/c1-4-11(19-3)8-7-10(2)14-9-5-6-12(14)13(18)15(14,16)17/h10-12H,4-9H2,1-3H3. The fourth-order valence-corrected chi connectivity index (χ4v) is 5.31. The second-order valence-electron chi connectivity index (χ2n) is 6.17. The van der Waals surface area contributed by atoms with Crippen molar-refractivity contribution in [2.75, 3.05) is 7.11 Å². The number of halogens is 2. The summed E-state index contributed by atoms with van der Waals surface area (Å²) in [6.07, 6.45) is 6.38. The summed E-state index contributed by atoms with van der Waals surface area (Å²) in [6, 6.07) is 0. The SMILES string of the molecule is CCC(CCC(C)C12CCCC1C(=O)C2(Cl)Cl)OC. The van der Waals surface area contributed by atoms with Crippen molar-refractivity contribution in [2.24, 2.45) is 17.3 Å². The van der Waals surface area contributed by atoms with Crippen molar-refractivity contribution in [2.45, 2.75) is 62.8 Å². The number of hydrogen-bond donors (Lipinski definition) is 0. The molecule has 0 heterocycles. The van der Waals surface area contributed by atoms with E-state index in [-0.39, 0.29) is 17.1 Å². The number of fused-ring (bicyclic) bond motifs is 1. The van der Waals surface area contributed by atoms with Crippen molar-refractivity contribution in [3.05, 3.63) is 0 Å². The molecule has 0 bridgehead atoms. The topological polar surface area (TPSA) is 26.3 Å². The van der Waals surface area contributed by atoms with Crippen LogP contribution >= 0.6 is 23.2 Å². The monoisotopic (exact) mass is 306 g/mol. The Balaban J connectivity index is 2.05. The number of rotatable bonds is 6. The summed E-state index contributed by atoms with van der Waals surface area (Å²) in [4.78, 5) is 12.0. The molecule has 2 aliphatic rings. The zero-order valence-corrected chi connectivity index (χ0v) is 13.6. The maximum absolute atomic E-state index is 12.0. The zero-order chi connectivity index (χ0) is 14.3. The van der Waals surface area contributed by atoms with E-state index in [1.54, 1.807) is 7.11 Å². The van der Waals surface area contributed by atoms with Gasteiger partial charge in [-0.3, -0.25) is 4.79 Å². The van der Waals surface area contributed by atoms with E-state index in [1.807, 2.05) is 0 Å². The minimum atomic E-state index is -1.15. The molecule has 0 aliphatic heterocycles. The minimum Gasteiger partial charge on any atom is -0.381 e. The largest absolute Gasteiger partial charge is 0.381 e. The molecular formula is C15H24Cl2O2. The Labute approximate surface area is 126 Å². The van der Waals surface area contributed by atoms with E-state index in [9.17, 15) is 4.79 Å². The average Bonchev–Trinajstić information content (AvgIpc) is 2.82. The summed E-state index contributed by atoms with van der Waals surface area (Å²) >= 11 is 12.8. The highest BCUT2D eigenvalue weighted by atomic mass is 35.5. The van der Waals surface area contributed by atoms with Gasteiger partial charge in [0.05, 0.1) is 6.10 Å². The number of Topliss-reactive ketones (excluding diaryl/α,β-unsaturated/α-hetero) is 1.